The first kappa shape index (κ1) is 21.6. The molecule has 1 aromatic carbocycles. The lowest BCUT2D eigenvalue weighted by molar-refractivity contribution is -0.857. The van der Waals surface area contributed by atoms with Crippen molar-refractivity contribution in [1.82, 2.24) is 4.90 Å². The molecule has 0 fully saturated rings. The van der Waals surface area contributed by atoms with Crippen LogP contribution in [0.2, 0.25) is 0 Å². The third kappa shape index (κ3) is 4.41. The highest BCUT2D eigenvalue weighted by Crippen LogP contribution is 2.39. The van der Waals surface area contributed by atoms with Gasteiger partial charge in [0, 0.05) is 0 Å². The van der Waals surface area contributed by atoms with Gasteiger partial charge in [0.1, 0.15) is 11.5 Å². The average Bonchev–Trinajstić information content (AvgIpc) is 3.22. The van der Waals surface area contributed by atoms with Gasteiger partial charge in [-0.1, -0.05) is 12.1 Å². The minimum Gasteiger partial charge on any atom is -0.503 e. The summed E-state index contributed by atoms with van der Waals surface area (Å²) in [5.41, 5.74) is 0.768. The molecular formula is C23H29N2O5+. The van der Waals surface area contributed by atoms with Gasteiger partial charge in [0.25, 0.3) is 5.91 Å². The van der Waals surface area contributed by atoms with Crippen LogP contribution in [0.25, 0.3) is 0 Å². The molecule has 1 aliphatic heterocycles. The lowest BCUT2D eigenvalue weighted by Crippen LogP contribution is -3.06. The van der Waals surface area contributed by atoms with Crippen molar-refractivity contribution < 1.29 is 28.7 Å². The SMILES string of the molecule is Cc1ccc(C(=O)C2=C(O)C(=O)N(CC[NH+](C)C)[C@H]2c2ccc(OC(C)C)cc2)o1. The Labute approximate surface area is 176 Å². The number of carbonyl (C=O) groups excluding carboxylic acids is 2. The zero-order valence-corrected chi connectivity index (χ0v) is 18.1. The maximum Gasteiger partial charge on any atom is 0.290 e. The lowest BCUT2D eigenvalue weighted by atomic mass is 9.95. The summed E-state index contributed by atoms with van der Waals surface area (Å²) in [7, 11) is 3.97. The molecule has 2 aromatic rings. The van der Waals surface area contributed by atoms with Crippen LogP contribution in [-0.4, -0.2) is 55.0 Å². The summed E-state index contributed by atoms with van der Waals surface area (Å²) in [6.45, 7) is 6.69. The van der Waals surface area contributed by atoms with E-state index >= 15 is 0 Å². The first-order chi connectivity index (χ1) is 14.2. The predicted molar refractivity (Wildman–Crippen MR) is 112 cm³/mol. The zero-order valence-electron chi connectivity index (χ0n) is 18.1. The third-order valence-electron chi connectivity index (χ3n) is 4.93. The van der Waals surface area contributed by atoms with E-state index in [1.807, 2.05) is 52.2 Å². The highest BCUT2D eigenvalue weighted by molar-refractivity contribution is 6.15. The van der Waals surface area contributed by atoms with Gasteiger partial charge in [-0.15, -0.1) is 0 Å². The van der Waals surface area contributed by atoms with Gasteiger partial charge in [-0.05, 0) is 50.6 Å². The molecule has 160 valence electrons. The van der Waals surface area contributed by atoms with Crippen molar-refractivity contribution in [1.29, 1.82) is 0 Å². The number of nitrogens with zero attached hydrogens (tertiary/aromatic N) is 1. The fraction of sp³-hybridized carbons (Fsp3) is 0.391. The van der Waals surface area contributed by atoms with Gasteiger partial charge in [-0.2, -0.15) is 0 Å². The van der Waals surface area contributed by atoms with E-state index in [-0.39, 0.29) is 17.4 Å². The first-order valence-electron chi connectivity index (χ1n) is 10.1. The van der Waals surface area contributed by atoms with Crippen molar-refractivity contribution in [2.24, 2.45) is 0 Å². The van der Waals surface area contributed by atoms with Crippen LogP contribution in [0.1, 0.15) is 41.8 Å². The van der Waals surface area contributed by atoms with Gasteiger partial charge in [-0.25, -0.2) is 0 Å². The number of rotatable bonds is 8. The topological polar surface area (TPSA) is 84.4 Å². The molecule has 2 heterocycles. The average molecular weight is 413 g/mol. The van der Waals surface area contributed by atoms with E-state index in [1.54, 1.807) is 24.0 Å². The van der Waals surface area contributed by atoms with Crippen LogP contribution >= 0.6 is 0 Å². The molecule has 1 amide bonds. The van der Waals surface area contributed by atoms with Crippen LogP contribution in [0.5, 0.6) is 5.75 Å². The fourth-order valence-corrected chi connectivity index (χ4v) is 3.50. The number of furan rings is 1. The molecular weight excluding hydrogens is 384 g/mol. The molecule has 0 radical (unpaired) electrons. The van der Waals surface area contributed by atoms with Crippen LogP contribution < -0.4 is 9.64 Å². The van der Waals surface area contributed by atoms with Crippen LogP contribution in [0.3, 0.4) is 0 Å². The second-order valence-corrected chi connectivity index (χ2v) is 8.10. The molecule has 0 spiro atoms. The maximum atomic E-state index is 13.2. The molecule has 7 heteroatoms. The molecule has 2 N–H and O–H groups in total. The van der Waals surface area contributed by atoms with Crippen LogP contribution in [0, 0.1) is 6.92 Å². The molecule has 0 saturated heterocycles. The number of quaternary nitrogens is 1. The molecule has 7 nitrogen and oxygen atoms in total. The molecule has 0 bridgehead atoms. The predicted octanol–water partition coefficient (Wildman–Crippen LogP) is 2.10. The summed E-state index contributed by atoms with van der Waals surface area (Å²) in [4.78, 5) is 28.7. The van der Waals surface area contributed by atoms with Crippen molar-refractivity contribution in [3.8, 4) is 5.75 Å². The number of aliphatic hydroxyl groups excluding tert-OH is 1. The zero-order chi connectivity index (χ0) is 22.0. The minimum absolute atomic E-state index is 0.0340. The number of ketones is 1. The Morgan fingerprint density at radius 2 is 1.87 bits per heavy atom. The van der Waals surface area contributed by atoms with Crippen molar-refractivity contribution in [3.05, 3.63) is 64.8 Å². The van der Waals surface area contributed by atoms with E-state index in [0.29, 0.717) is 24.6 Å². The quantitative estimate of drug-likeness (QED) is 0.648. The number of carbonyl (C=O) groups is 2. The maximum absolute atomic E-state index is 13.2. The third-order valence-corrected chi connectivity index (χ3v) is 4.93. The van der Waals surface area contributed by atoms with Crippen molar-refractivity contribution in [2.45, 2.75) is 32.9 Å². The van der Waals surface area contributed by atoms with Crippen molar-refractivity contribution >= 4 is 11.7 Å². The molecule has 1 atom stereocenters. The second kappa shape index (κ2) is 8.75. The van der Waals surface area contributed by atoms with Gasteiger partial charge in [0.2, 0.25) is 5.78 Å². The molecule has 30 heavy (non-hydrogen) atoms. The van der Waals surface area contributed by atoms with Crippen molar-refractivity contribution in [2.75, 3.05) is 27.2 Å². The van der Waals surface area contributed by atoms with Gasteiger partial charge in [0.15, 0.2) is 11.5 Å². The van der Waals surface area contributed by atoms with E-state index in [4.69, 9.17) is 9.15 Å². The Morgan fingerprint density at radius 3 is 2.40 bits per heavy atom. The van der Waals surface area contributed by atoms with E-state index in [9.17, 15) is 14.7 Å². The number of aliphatic hydroxyl groups is 1. The number of amides is 1. The summed E-state index contributed by atoms with van der Waals surface area (Å²) in [6, 6.07) is 9.82. The van der Waals surface area contributed by atoms with Crippen LogP contribution in [0.4, 0.5) is 0 Å². The largest absolute Gasteiger partial charge is 0.503 e. The van der Waals surface area contributed by atoms with Crippen molar-refractivity contribution in [3.63, 3.8) is 0 Å². The minimum atomic E-state index is -0.692. The van der Waals surface area contributed by atoms with Gasteiger partial charge in [-0.3, -0.25) is 9.59 Å². The Kier molecular flexibility index (Phi) is 6.31. The number of hydrogen-bond acceptors (Lipinski definition) is 5. The van der Waals surface area contributed by atoms with Crippen LogP contribution in [0.15, 0.2) is 52.1 Å². The van der Waals surface area contributed by atoms with E-state index < -0.39 is 23.5 Å². The monoisotopic (exact) mass is 413 g/mol. The van der Waals surface area contributed by atoms with E-state index in [2.05, 4.69) is 0 Å². The fourth-order valence-electron chi connectivity index (χ4n) is 3.50. The number of Topliss-reactive ketones (excluding diaryl/α,β-unsaturated/α-hetero) is 1. The normalized spacial score (nSPS) is 16.8. The number of aryl methyl sites for hydroxylation is 1. The smallest absolute Gasteiger partial charge is 0.290 e. The van der Waals surface area contributed by atoms with Gasteiger partial charge < -0.3 is 24.1 Å². The molecule has 3 rings (SSSR count). The molecule has 0 aliphatic carbocycles. The molecule has 1 aromatic heterocycles. The Bertz CT molecular complexity index is 956. The Balaban J connectivity index is 2.01. The summed E-state index contributed by atoms with van der Waals surface area (Å²) >= 11 is 0. The highest BCUT2D eigenvalue weighted by atomic mass is 16.5. The number of hydrogen-bond donors (Lipinski definition) is 2. The van der Waals surface area contributed by atoms with E-state index in [0.717, 1.165) is 10.5 Å². The second-order valence-electron chi connectivity index (χ2n) is 8.10. The standard InChI is InChI=1S/C23H28N2O5/c1-14(2)29-17-9-7-16(8-10-17)20-19(21(26)18-11-6-15(3)30-18)22(27)23(28)25(20)13-12-24(4)5/h6-11,14,20,27H,12-13H2,1-5H3/p+1/t20-/m0/s1. The summed E-state index contributed by atoms with van der Waals surface area (Å²) in [5.74, 6) is -0.161. The summed E-state index contributed by atoms with van der Waals surface area (Å²) < 4.78 is 11.2. The Hall–Kier alpha value is -3.06. The number of likely N-dealkylation sites (N-methyl/N-ethyl adjacent to an activating group) is 1. The van der Waals surface area contributed by atoms with E-state index in [1.165, 1.54) is 0 Å². The first-order valence-corrected chi connectivity index (χ1v) is 10.1. The summed E-state index contributed by atoms with van der Waals surface area (Å²) in [5, 5.41) is 10.6. The highest BCUT2D eigenvalue weighted by Gasteiger charge is 2.44. The number of ether oxygens (including phenoxy) is 1. The van der Waals surface area contributed by atoms with Gasteiger partial charge >= 0.3 is 0 Å². The summed E-state index contributed by atoms with van der Waals surface area (Å²) in [6.07, 6.45) is 0.0340. The Morgan fingerprint density at radius 1 is 1.20 bits per heavy atom. The molecule has 0 saturated carbocycles. The lowest BCUT2D eigenvalue weighted by Gasteiger charge is -2.27. The van der Waals surface area contributed by atoms with Crippen LogP contribution in [-0.2, 0) is 4.79 Å². The molecule has 0 unspecified atom stereocenters. The number of nitrogens with one attached hydrogen (secondary N) is 1. The van der Waals surface area contributed by atoms with Gasteiger partial charge in [0.05, 0.1) is 44.9 Å². The number of benzene rings is 1. The molecule has 1 aliphatic rings.